The maximum Gasteiger partial charge on any atom is 0.305 e. The molecular weight excluding hydrogens is 268 g/mol. The number of carboxylic acid groups (broad SMARTS) is 1. The van der Waals surface area contributed by atoms with Crippen molar-refractivity contribution in [1.29, 1.82) is 0 Å². The third kappa shape index (κ3) is 3.76. The number of aliphatic carboxylic acids is 1. The number of rotatable bonds is 5. The molecule has 3 rings (SSSR count). The first-order valence-corrected chi connectivity index (χ1v) is 8.41. The van der Waals surface area contributed by atoms with Crippen molar-refractivity contribution >= 4 is 11.9 Å². The van der Waals surface area contributed by atoms with Crippen LogP contribution in [0.25, 0.3) is 0 Å². The molecule has 0 aromatic rings. The molecule has 0 aromatic carbocycles. The monoisotopic (exact) mass is 294 g/mol. The van der Waals surface area contributed by atoms with Gasteiger partial charge in [0.05, 0.1) is 12.5 Å². The second-order valence-corrected chi connectivity index (χ2v) is 7.00. The Balaban J connectivity index is 1.53. The number of fused-ring (bicyclic) bond motifs is 1. The number of piperidine rings is 1. The lowest BCUT2D eigenvalue weighted by atomic mass is 9.77. The molecule has 4 unspecified atom stereocenters. The number of carbonyl (C=O) groups is 2. The molecule has 2 aliphatic carbocycles. The van der Waals surface area contributed by atoms with Crippen LogP contribution in [0.5, 0.6) is 0 Å². The summed E-state index contributed by atoms with van der Waals surface area (Å²) in [6.45, 7) is 0. The predicted octanol–water partition coefficient (Wildman–Crippen LogP) is 1.67. The highest BCUT2D eigenvalue weighted by atomic mass is 16.4. The van der Waals surface area contributed by atoms with E-state index in [4.69, 9.17) is 5.11 Å². The van der Waals surface area contributed by atoms with Crippen LogP contribution in [0.3, 0.4) is 0 Å². The molecule has 1 aliphatic heterocycles. The Morgan fingerprint density at radius 3 is 2.57 bits per heavy atom. The predicted molar refractivity (Wildman–Crippen MR) is 78.8 cm³/mol. The number of carbonyl (C=O) groups excluding carboxylic acids is 1. The minimum Gasteiger partial charge on any atom is -0.481 e. The van der Waals surface area contributed by atoms with E-state index in [1.54, 1.807) is 0 Å². The van der Waals surface area contributed by atoms with Gasteiger partial charge >= 0.3 is 5.97 Å². The maximum absolute atomic E-state index is 12.4. The van der Waals surface area contributed by atoms with Crippen molar-refractivity contribution in [3.63, 3.8) is 0 Å². The number of amides is 1. The topological polar surface area (TPSA) is 78.4 Å². The van der Waals surface area contributed by atoms with Crippen LogP contribution in [0.2, 0.25) is 0 Å². The first-order chi connectivity index (χ1) is 10.1. The first-order valence-electron chi connectivity index (χ1n) is 8.41. The van der Waals surface area contributed by atoms with Gasteiger partial charge in [0, 0.05) is 12.1 Å². The number of hydrogen-bond acceptors (Lipinski definition) is 3. The lowest BCUT2D eigenvalue weighted by molar-refractivity contribution is -0.138. The Morgan fingerprint density at radius 2 is 1.86 bits per heavy atom. The van der Waals surface area contributed by atoms with Crippen molar-refractivity contribution in [2.45, 2.75) is 75.9 Å². The van der Waals surface area contributed by atoms with Gasteiger partial charge in [0.1, 0.15) is 0 Å². The van der Waals surface area contributed by atoms with Gasteiger partial charge in [-0.15, -0.1) is 0 Å². The van der Waals surface area contributed by atoms with E-state index in [2.05, 4.69) is 10.6 Å². The molecule has 3 fully saturated rings. The molecule has 1 saturated heterocycles. The van der Waals surface area contributed by atoms with Crippen LogP contribution >= 0.6 is 0 Å². The molecule has 4 atom stereocenters. The van der Waals surface area contributed by atoms with Crippen LogP contribution in [-0.4, -0.2) is 35.1 Å². The van der Waals surface area contributed by atoms with E-state index in [-0.39, 0.29) is 24.4 Å². The highest BCUT2D eigenvalue weighted by Gasteiger charge is 2.38. The quantitative estimate of drug-likeness (QED) is 0.720. The summed E-state index contributed by atoms with van der Waals surface area (Å²) >= 11 is 0. The fourth-order valence-electron chi connectivity index (χ4n) is 4.01. The summed E-state index contributed by atoms with van der Waals surface area (Å²) in [5, 5.41) is 15.5. The zero-order valence-electron chi connectivity index (χ0n) is 12.5. The van der Waals surface area contributed by atoms with E-state index >= 15 is 0 Å². The zero-order valence-corrected chi connectivity index (χ0v) is 12.5. The van der Waals surface area contributed by atoms with Gasteiger partial charge in [-0.2, -0.15) is 0 Å². The van der Waals surface area contributed by atoms with E-state index in [9.17, 15) is 9.59 Å². The summed E-state index contributed by atoms with van der Waals surface area (Å²) in [4.78, 5) is 23.4. The summed E-state index contributed by atoms with van der Waals surface area (Å²) in [5.74, 6) is 0.297. The molecule has 2 saturated carbocycles. The van der Waals surface area contributed by atoms with Gasteiger partial charge in [-0.3, -0.25) is 9.59 Å². The Bertz CT molecular complexity index is 408. The van der Waals surface area contributed by atoms with Crippen LogP contribution in [0, 0.1) is 11.8 Å². The van der Waals surface area contributed by atoms with Crippen molar-refractivity contribution in [3.05, 3.63) is 0 Å². The van der Waals surface area contributed by atoms with Crippen molar-refractivity contribution in [2.24, 2.45) is 11.8 Å². The standard InChI is InChI=1S/C16H26N2O3/c19-15(20)9-14(11-5-6-11)18-16(21)13-8-7-10-3-1-2-4-12(10)17-13/h10-14,17H,1-9H2,(H,18,21)(H,19,20). The van der Waals surface area contributed by atoms with E-state index in [1.165, 1.54) is 25.7 Å². The molecule has 0 bridgehead atoms. The largest absolute Gasteiger partial charge is 0.481 e. The Morgan fingerprint density at radius 1 is 1.10 bits per heavy atom. The smallest absolute Gasteiger partial charge is 0.305 e. The fourth-order valence-corrected chi connectivity index (χ4v) is 4.01. The summed E-state index contributed by atoms with van der Waals surface area (Å²) in [6, 6.07) is 0.183. The second-order valence-electron chi connectivity index (χ2n) is 7.00. The number of carboxylic acids is 1. The van der Waals surface area contributed by atoms with Crippen molar-refractivity contribution in [1.82, 2.24) is 10.6 Å². The molecule has 1 amide bonds. The molecule has 3 aliphatic rings. The normalized spacial score (nSPS) is 33.8. The lowest BCUT2D eigenvalue weighted by Crippen LogP contribution is -2.56. The van der Waals surface area contributed by atoms with Crippen molar-refractivity contribution in [2.75, 3.05) is 0 Å². The van der Waals surface area contributed by atoms with Crippen LogP contribution < -0.4 is 10.6 Å². The van der Waals surface area contributed by atoms with Gasteiger partial charge in [0.2, 0.25) is 5.91 Å². The van der Waals surface area contributed by atoms with E-state index in [0.29, 0.717) is 12.0 Å². The highest BCUT2D eigenvalue weighted by Crippen LogP contribution is 2.35. The first kappa shape index (κ1) is 14.8. The molecule has 1 heterocycles. The Labute approximate surface area is 125 Å². The molecule has 0 radical (unpaired) electrons. The van der Waals surface area contributed by atoms with Crippen LogP contribution in [-0.2, 0) is 9.59 Å². The van der Waals surface area contributed by atoms with E-state index < -0.39 is 5.97 Å². The Kier molecular flexibility index (Phi) is 4.48. The van der Waals surface area contributed by atoms with E-state index in [0.717, 1.165) is 31.6 Å². The van der Waals surface area contributed by atoms with E-state index in [1.807, 2.05) is 0 Å². The summed E-state index contributed by atoms with van der Waals surface area (Å²) in [6.07, 6.45) is 9.19. The SMILES string of the molecule is O=C(O)CC(NC(=O)C1CCC2CCCCC2N1)C1CC1. The third-order valence-electron chi connectivity index (χ3n) is 5.38. The van der Waals surface area contributed by atoms with Crippen LogP contribution in [0.15, 0.2) is 0 Å². The molecule has 0 aromatic heterocycles. The molecule has 3 N–H and O–H groups in total. The Hall–Kier alpha value is -1.10. The summed E-state index contributed by atoms with van der Waals surface area (Å²) < 4.78 is 0. The molecule has 5 nitrogen and oxygen atoms in total. The van der Waals surface area contributed by atoms with Gasteiger partial charge in [0.25, 0.3) is 0 Å². The molecule has 0 spiro atoms. The average molecular weight is 294 g/mol. The van der Waals surface area contributed by atoms with Gasteiger partial charge in [0.15, 0.2) is 0 Å². The molecular formula is C16H26N2O3. The number of nitrogens with one attached hydrogen (secondary N) is 2. The molecule has 5 heteroatoms. The summed E-state index contributed by atoms with van der Waals surface area (Å²) in [7, 11) is 0. The summed E-state index contributed by atoms with van der Waals surface area (Å²) in [5.41, 5.74) is 0. The van der Waals surface area contributed by atoms with Gasteiger partial charge in [-0.05, 0) is 50.4 Å². The number of hydrogen-bond donors (Lipinski definition) is 3. The van der Waals surface area contributed by atoms with Gasteiger partial charge in [-0.25, -0.2) is 0 Å². The third-order valence-corrected chi connectivity index (χ3v) is 5.38. The van der Waals surface area contributed by atoms with Crippen molar-refractivity contribution in [3.8, 4) is 0 Å². The lowest BCUT2D eigenvalue weighted by Gasteiger charge is -2.40. The van der Waals surface area contributed by atoms with Gasteiger partial charge in [-0.1, -0.05) is 12.8 Å². The minimum atomic E-state index is -0.823. The maximum atomic E-state index is 12.4. The second kappa shape index (κ2) is 6.34. The molecule has 21 heavy (non-hydrogen) atoms. The minimum absolute atomic E-state index is 0.0113. The fraction of sp³-hybridized carbons (Fsp3) is 0.875. The van der Waals surface area contributed by atoms with Crippen molar-refractivity contribution < 1.29 is 14.7 Å². The van der Waals surface area contributed by atoms with Crippen LogP contribution in [0.4, 0.5) is 0 Å². The van der Waals surface area contributed by atoms with Crippen LogP contribution in [0.1, 0.15) is 57.8 Å². The zero-order chi connectivity index (χ0) is 14.8. The molecule has 118 valence electrons. The highest BCUT2D eigenvalue weighted by molar-refractivity contribution is 5.83. The average Bonchev–Trinajstić information content (AvgIpc) is 3.30. The van der Waals surface area contributed by atoms with Gasteiger partial charge < -0.3 is 15.7 Å².